The molecule has 1 unspecified atom stereocenters. The molecule has 0 saturated heterocycles. The molecule has 0 fully saturated rings. The van der Waals surface area contributed by atoms with E-state index in [1.54, 1.807) is 26.2 Å². The third-order valence-corrected chi connectivity index (χ3v) is 4.91. The molecular formula is C24H27NO4. The predicted molar refractivity (Wildman–Crippen MR) is 115 cm³/mol. The van der Waals surface area contributed by atoms with Crippen molar-refractivity contribution in [2.45, 2.75) is 26.0 Å². The Balaban J connectivity index is 1.75. The average molecular weight is 393 g/mol. The molecule has 0 heterocycles. The number of carbonyl (C=O) groups excluding carboxylic acids is 1. The van der Waals surface area contributed by atoms with Crippen LogP contribution < -0.4 is 14.2 Å². The largest absolute Gasteiger partial charge is 0.493 e. The van der Waals surface area contributed by atoms with Crippen LogP contribution in [-0.4, -0.2) is 38.2 Å². The lowest BCUT2D eigenvalue weighted by atomic mass is 10.1. The van der Waals surface area contributed by atoms with E-state index in [4.69, 9.17) is 14.2 Å². The Hall–Kier alpha value is -3.21. The number of nitrogens with zero attached hydrogens (tertiary/aromatic N) is 1. The minimum absolute atomic E-state index is 0.0600. The van der Waals surface area contributed by atoms with Gasteiger partial charge in [-0.15, -0.1) is 0 Å². The Morgan fingerprint density at radius 3 is 2.38 bits per heavy atom. The van der Waals surface area contributed by atoms with Crippen molar-refractivity contribution in [3.05, 3.63) is 66.2 Å². The van der Waals surface area contributed by atoms with Gasteiger partial charge in [0.05, 0.1) is 14.2 Å². The number of fused-ring (bicyclic) bond motifs is 1. The van der Waals surface area contributed by atoms with Crippen LogP contribution in [0.2, 0.25) is 0 Å². The molecule has 0 spiro atoms. The molecule has 0 aliphatic rings. The Kier molecular flexibility index (Phi) is 6.60. The van der Waals surface area contributed by atoms with Gasteiger partial charge in [0, 0.05) is 19.0 Å². The molecule has 5 heteroatoms. The van der Waals surface area contributed by atoms with Crippen molar-refractivity contribution in [1.82, 2.24) is 4.90 Å². The van der Waals surface area contributed by atoms with Crippen molar-refractivity contribution >= 4 is 16.7 Å². The molecule has 0 N–H and O–H groups in total. The zero-order valence-electron chi connectivity index (χ0n) is 17.3. The van der Waals surface area contributed by atoms with Crippen LogP contribution in [-0.2, 0) is 11.3 Å². The van der Waals surface area contributed by atoms with Crippen LogP contribution in [0.15, 0.2) is 60.7 Å². The van der Waals surface area contributed by atoms with Crippen molar-refractivity contribution < 1.29 is 19.0 Å². The molecule has 0 bridgehead atoms. The van der Waals surface area contributed by atoms with Gasteiger partial charge in [0.25, 0.3) is 5.91 Å². The fourth-order valence-electron chi connectivity index (χ4n) is 3.34. The van der Waals surface area contributed by atoms with Crippen LogP contribution in [0.5, 0.6) is 17.2 Å². The summed E-state index contributed by atoms with van der Waals surface area (Å²) in [6.45, 7) is 2.41. The molecule has 1 atom stereocenters. The Labute approximate surface area is 171 Å². The second-order valence-corrected chi connectivity index (χ2v) is 6.88. The predicted octanol–water partition coefficient (Wildman–Crippen LogP) is 4.67. The molecule has 152 valence electrons. The molecule has 0 radical (unpaired) electrons. The topological polar surface area (TPSA) is 48.0 Å². The van der Waals surface area contributed by atoms with E-state index in [9.17, 15) is 4.79 Å². The maximum atomic E-state index is 13.0. The van der Waals surface area contributed by atoms with E-state index < -0.39 is 6.10 Å². The molecular weight excluding hydrogens is 366 g/mol. The van der Waals surface area contributed by atoms with E-state index in [-0.39, 0.29) is 5.91 Å². The van der Waals surface area contributed by atoms with Gasteiger partial charge in [-0.2, -0.15) is 0 Å². The summed E-state index contributed by atoms with van der Waals surface area (Å²) in [5, 5.41) is 2.09. The van der Waals surface area contributed by atoms with Gasteiger partial charge < -0.3 is 19.1 Å². The molecule has 3 aromatic carbocycles. The molecule has 1 amide bonds. The van der Waals surface area contributed by atoms with Crippen LogP contribution >= 0.6 is 0 Å². The van der Waals surface area contributed by atoms with Crippen LogP contribution in [0.25, 0.3) is 10.8 Å². The number of hydrogen-bond acceptors (Lipinski definition) is 4. The van der Waals surface area contributed by atoms with Gasteiger partial charge >= 0.3 is 0 Å². The summed E-state index contributed by atoms with van der Waals surface area (Å²) in [6, 6.07) is 19.6. The van der Waals surface area contributed by atoms with E-state index in [2.05, 4.69) is 0 Å². The summed E-state index contributed by atoms with van der Waals surface area (Å²) in [5.74, 6) is 1.97. The number of ether oxygens (including phenoxy) is 3. The van der Waals surface area contributed by atoms with E-state index in [0.717, 1.165) is 22.1 Å². The SMILES string of the molecule is CCC(Oc1cccc2ccccc12)C(=O)N(C)Cc1ccc(OC)c(OC)c1. The molecule has 29 heavy (non-hydrogen) atoms. The maximum absolute atomic E-state index is 13.0. The highest BCUT2D eigenvalue weighted by Gasteiger charge is 2.23. The summed E-state index contributed by atoms with van der Waals surface area (Å²) in [5.41, 5.74) is 0.957. The number of hydrogen-bond donors (Lipinski definition) is 0. The van der Waals surface area contributed by atoms with Gasteiger partial charge in [0.2, 0.25) is 0 Å². The first-order chi connectivity index (χ1) is 14.1. The zero-order valence-corrected chi connectivity index (χ0v) is 17.3. The van der Waals surface area contributed by atoms with Crippen molar-refractivity contribution in [2.24, 2.45) is 0 Å². The van der Waals surface area contributed by atoms with Gasteiger partial charge in [0.15, 0.2) is 17.6 Å². The molecule has 5 nitrogen and oxygen atoms in total. The smallest absolute Gasteiger partial charge is 0.263 e. The van der Waals surface area contributed by atoms with Gasteiger partial charge in [-0.25, -0.2) is 0 Å². The quantitative estimate of drug-likeness (QED) is 0.558. The number of carbonyl (C=O) groups is 1. The summed E-state index contributed by atoms with van der Waals surface area (Å²) < 4.78 is 16.8. The second-order valence-electron chi connectivity index (χ2n) is 6.88. The monoisotopic (exact) mass is 393 g/mol. The highest BCUT2D eigenvalue weighted by atomic mass is 16.5. The Morgan fingerprint density at radius 2 is 1.66 bits per heavy atom. The van der Waals surface area contributed by atoms with Crippen LogP contribution in [0, 0.1) is 0 Å². The minimum atomic E-state index is -0.550. The fraction of sp³-hybridized carbons (Fsp3) is 0.292. The standard InChI is InChI=1S/C24H27NO4/c1-5-20(29-21-12-8-10-18-9-6-7-11-19(18)21)24(26)25(2)16-17-13-14-22(27-3)23(15-17)28-4/h6-15,20H,5,16H2,1-4H3. The first kappa shape index (κ1) is 20.5. The second kappa shape index (κ2) is 9.32. The fourth-order valence-corrected chi connectivity index (χ4v) is 3.34. The molecule has 0 aromatic heterocycles. The Bertz CT molecular complexity index is 980. The van der Waals surface area contributed by atoms with E-state index in [1.165, 1.54) is 0 Å². The third-order valence-electron chi connectivity index (χ3n) is 4.91. The lowest BCUT2D eigenvalue weighted by molar-refractivity contribution is -0.138. The van der Waals surface area contributed by atoms with Crippen molar-refractivity contribution in [3.8, 4) is 17.2 Å². The molecule has 3 rings (SSSR count). The molecule has 0 aliphatic heterocycles. The number of likely N-dealkylation sites (N-methyl/N-ethyl adjacent to an activating group) is 1. The number of rotatable bonds is 8. The first-order valence-electron chi connectivity index (χ1n) is 9.67. The van der Waals surface area contributed by atoms with Crippen molar-refractivity contribution in [2.75, 3.05) is 21.3 Å². The lowest BCUT2D eigenvalue weighted by Gasteiger charge is -2.24. The summed E-state index contributed by atoms with van der Waals surface area (Å²) in [6.07, 6.45) is 0.0316. The third kappa shape index (κ3) is 4.62. The lowest BCUT2D eigenvalue weighted by Crippen LogP contribution is -2.39. The van der Waals surface area contributed by atoms with Crippen molar-refractivity contribution in [1.29, 1.82) is 0 Å². The van der Waals surface area contributed by atoms with Gasteiger partial charge in [-0.3, -0.25) is 4.79 Å². The molecule has 0 aliphatic carbocycles. The first-order valence-corrected chi connectivity index (χ1v) is 9.67. The number of methoxy groups -OCH3 is 2. The maximum Gasteiger partial charge on any atom is 0.263 e. The highest BCUT2D eigenvalue weighted by molar-refractivity contribution is 5.89. The van der Waals surface area contributed by atoms with Crippen LogP contribution in [0.1, 0.15) is 18.9 Å². The number of benzene rings is 3. The summed E-state index contributed by atoms with van der Waals surface area (Å²) in [7, 11) is 4.99. The van der Waals surface area contributed by atoms with Gasteiger partial charge in [-0.05, 0) is 35.6 Å². The average Bonchev–Trinajstić information content (AvgIpc) is 2.76. The Morgan fingerprint density at radius 1 is 0.931 bits per heavy atom. The van der Waals surface area contributed by atoms with Crippen LogP contribution in [0.4, 0.5) is 0 Å². The van der Waals surface area contributed by atoms with Crippen molar-refractivity contribution in [3.63, 3.8) is 0 Å². The van der Waals surface area contributed by atoms with Gasteiger partial charge in [-0.1, -0.05) is 49.4 Å². The number of amides is 1. The molecule has 0 saturated carbocycles. The minimum Gasteiger partial charge on any atom is -0.493 e. The van der Waals surface area contributed by atoms with Gasteiger partial charge in [0.1, 0.15) is 5.75 Å². The van der Waals surface area contributed by atoms with E-state index >= 15 is 0 Å². The zero-order chi connectivity index (χ0) is 20.8. The van der Waals surface area contributed by atoms with Crippen LogP contribution in [0.3, 0.4) is 0 Å². The van der Waals surface area contributed by atoms with E-state index in [0.29, 0.717) is 24.5 Å². The molecule has 3 aromatic rings. The van der Waals surface area contributed by atoms with E-state index in [1.807, 2.05) is 67.6 Å². The normalized spacial score (nSPS) is 11.7. The summed E-state index contributed by atoms with van der Waals surface area (Å²) in [4.78, 5) is 14.7. The summed E-state index contributed by atoms with van der Waals surface area (Å²) >= 11 is 0. The highest BCUT2D eigenvalue weighted by Crippen LogP contribution is 2.29.